The van der Waals surface area contributed by atoms with E-state index in [0.29, 0.717) is 24.2 Å². The van der Waals surface area contributed by atoms with Gasteiger partial charge in [0.05, 0.1) is 7.11 Å². The minimum Gasteiger partial charge on any atom is -0.497 e. The Morgan fingerprint density at radius 1 is 1.14 bits per heavy atom. The summed E-state index contributed by atoms with van der Waals surface area (Å²) in [5, 5.41) is 7.18. The second kappa shape index (κ2) is 8.55. The minimum atomic E-state index is 0.344. The Morgan fingerprint density at radius 3 is 2.55 bits per heavy atom. The van der Waals surface area contributed by atoms with Crippen LogP contribution in [-0.4, -0.2) is 69.3 Å². The summed E-state index contributed by atoms with van der Waals surface area (Å²) in [5.74, 6) is 3.32. The number of nitrogens with one attached hydrogen (secondary N) is 1. The zero-order valence-corrected chi connectivity index (χ0v) is 16.2. The SMILES string of the molecule is COc1ccc(-c2n[nH]c(CN=C(N)N3CCN(c4ncccn4)CC3)n2)cc1. The Balaban J connectivity index is 1.33. The van der Waals surface area contributed by atoms with Crippen molar-refractivity contribution in [2.45, 2.75) is 6.54 Å². The molecule has 1 aromatic carbocycles. The highest BCUT2D eigenvalue weighted by molar-refractivity contribution is 5.78. The molecule has 0 spiro atoms. The summed E-state index contributed by atoms with van der Waals surface area (Å²) < 4.78 is 5.17. The zero-order valence-electron chi connectivity index (χ0n) is 16.2. The number of ether oxygens (including phenoxy) is 1. The van der Waals surface area contributed by atoms with Gasteiger partial charge >= 0.3 is 0 Å². The molecule has 2 aromatic heterocycles. The Morgan fingerprint density at radius 2 is 1.86 bits per heavy atom. The second-order valence-corrected chi connectivity index (χ2v) is 6.53. The Labute approximate surface area is 168 Å². The summed E-state index contributed by atoms with van der Waals surface area (Å²) in [6.45, 7) is 3.47. The molecule has 3 aromatic rings. The molecule has 10 heteroatoms. The molecule has 0 bridgehead atoms. The predicted octanol–water partition coefficient (Wildman–Crippen LogP) is 0.907. The van der Waals surface area contributed by atoms with E-state index in [1.807, 2.05) is 30.3 Å². The lowest BCUT2D eigenvalue weighted by Gasteiger charge is -2.35. The minimum absolute atomic E-state index is 0.344. The highest BCUT2D eigenvalue weighted by Gasteiger charge is 2.20. The van der Waals surface area contributed by atoms with E-state index < -0.39 is 0 Å². The fraction of sp³-hybridized carbons (Fsp3) is 0.316. The van der Waals surface area contributed by atoms with Crippen LogP contribution in [0.15, 0.2) is 47.7 Å². The van der Waals surface area contributed by atoms with Gasteiger partial charge in [0.1, 0.15) is 18.1 Å². The highest BCUT2D eigenvalue weighted by Crippen LogP contribution is 2.19. The van der Waals surface area contributed by atoms with Gasteiger partial charge in [-0.05, 0) is 30.3 Å². The molecule has 150 valence electrons. The van der Waals surface area contributed by atoms with Gasteiger partial charge in [-0.15, -0.1) is 0 Å². The van der Waals surface area contributed by atoms with Crippen molar-refractivity contribution in [3.05, 3.63) is 48.5 Å². The fourth-order valence-corrected chi connectivity index (χ4v) is 3.08. The van der Waals surface area contributed by atoms with Crippen molar-refractivity contribution in [1.29, 1.82) is 0 Å². The number of rotatable bonds is 5. The monoisotopic (exact) mass is 393 g/mol. The number of piperazine rings is 1. The van der Waals surface area contributed by atoms with Crippen LogP contribution < -0.4 is 15.4 Å². The fourth-order valence-electron chi connectivity index (χ4n) is 3.08. The van der Waals surface area contributed by atoms with Crippen LogP contribution in [0.5, 0.6) is 5.75 Å². The molecule has 0 radical (unpaired) electrons. The third-order valence-corrected chi connectivity index (χ3v) is 4.71. The van der Waals surface area contributed by atoms with Crippen LogP contribution >= 0.6 is 0 Å². The maximum atomic E-state index is 6.18. The smallest absolute Gasteiger partial charge is 0.225 e. The summed E-state index contributed by atoms with van der Waals surface area (Å²) in [6, 6.07) is 9.40. The van der Waals surface area contributed by atoms with Gasteiger partial charge < -0.3 is 20.3 Å². The lowest BCUT2D eigenvalue weighted by Crippen LogP contribution is -2.51. The molecule has 29 heavy (non-hydrogen) atoms. The molecule has 10 nitrogen and oxygen atoms in total. The van der Waals surface area contributed by atoms with Gasteiger partial charge in [-0.25, -0.2) is 19.9 Å². The predicted molar refractivity (Wildman–Crippen MR) is 110 cm³/mol. The van der Waals surface area contributed by atoms with E-state index >= 15 is 0 Å². The van der Waals surface area contributed by atoms with E-state index in [-0.39, 0.29) is 0 Å². The van der Waals surface area contributed by atoms with E-state index in [1.54, 1.807) is 19.5 Å². The van der Waals surface area contributed by atoms with E-state index in [1.165, 1.54) is 0 Å². The van der Waals surface area contributed by atoms with Crippen molar-refractivity contribution in [3.63, 3.8) is 0 Å². The second-order valence-electron chi connectivity index (χ2n) is 6.53. The van der Waals surface area contributed by atoms with Crippen LogP contribution in [0, 0.1) is 0 Å². The van der Waals surface area contributed by atoms with Crippen LogP contribution in [0.3, 0.4) is 0 Å². The molecule has 0 saturated carbocycles. The van der Waals surface area contributed by atoms with E-state index in [9.17, 15) is 0 Å². The molecule has 0 unspecified atom stereocenters. The van der Waals surface area contributed by atoms with Crippen molar-refractivity contribution >= 4 is 11.9 Å². The average Bonchev–Trinajstić information content (AvgIpc) is 3.27. The molecule has 1 fully saturated rings. The topological polar surface area (TPSA) is 121 Å². The molecule has 0 aliphatic carbocycles. The van der Waals surface area contributed by atoms with Gasteiger partial charge in [-0.1, -0.05) is 0 Å². The van der Waals surface area contributed by atoms with Crippen molar-refractivity contribution in [3.8, 4) is 17.1 Å². The third-order valence-electron chi connectivity index (χ3n) is 4.71. The Bertz CT molecular complexity index is 947. The average molecular weight is 393 g/mol. The number of aromatic amines is 1. The summed E-state index contributed by atoms with van der Waals surface area (Å²) in [5.41, 5.74) is 7.09. The number of anilines is 1. The molecule has 1 aliphatic heterocycles. The molecular weight excluding hydrogens is 370 g/mol. The largest absolute Gasteiger partial charge is 0.497 e. The maximum Gasteiger partial charge on any atom is 0.225 e. The maximum absolute atomic E-state index is 6.18. The quantitative estimate of drug-likeness (QED) is 0.484. The lowest BCUT2D eigenvalue weighted by molar-refractivity contribution is 0.378. The van der Waals surface area contributed by atoms with Gasteiger partial charge in [0.25, 0.3) is 0 Å². The first-order valence-corrected chi connectivity index (χ1v) is 9.35. The van der Waals surface area contributed by atoms with Gasteiger partial charge in [-0.2, -0.15) is 5.10 Å². The molecule has 0 amide bonds. The third kappa shape index (κ3) is 4.42. The van der Waals surface area contributed by atoms with Gasteiger partial charge in [0, 0.05) is 44.1 Å². The zero-order chi connectivity index (χ0) is 20.1. The molecular formula is C19H23N9O. The molecule has 1 aliphatic rings. The van der Waals surface area contributed by atoms with Crippen LogP contribution in [0.1, 0.15) is 5.82 Å². The van der Waals surface area contributed by atoms with Gasteiger partial charge in [0.15, 0.2) is 11.8 Å². The van der Waals surface area contributed by atoms with Crippen LogP contribution in [0.2, 0.25) is 0 Å². The summed E-state index contributed by atoms with van der Waals surface area (Å²) in [4.78, 5) is 21.7. The number of methoxy groups -OCH3 is 1. The summed E-state index contributed by atoms with van der Waals surface area (Å²) in [6.07, 6.45) is 3.50. The number of guanidine groups is 1. The number of H-pyrrole nitrogens is 1. The first kappa shape index (κ1) is 18.7. The summed E-state index contributed by atoms with van der Waals surface area (Å²) in [7, 11) is 1.64. The van der Waals surface area contributed by atoms with Crippen LogP contribution in [-0.2, 0) is 6.54 Å². The standard InChI is InChI=1S/C19H23N9O/c1-29-15-5-3-14(4-6-15)17-24-16(25-26-17)13-23-18(20)27-9-11-28(12-10-27)19-21-7-2-8-22-19/h2-8H,9-13H2,1H3,(H2,20,23)(H,24,25,26). The van der Waals surface area contributed by atoms with Crippen LogP contribution in [0.4, 0.5) is 5.95 Å². The first-order valence-electron chi connectivity index (χ1n) is 9.35. The highest BCUT2D eigenvalue weighted by atomic mass is 16.5. The van der Waals surface area contributed by atoms with E-state index in [4.69, 9.17) is 10.5 Å². The number of benzene rings is 1. The van der Waals surface area contributed by atoms with Gasteiger partial charge in [0.2, 0.25) is 5.95 Å². The molecule has 4 rings (SSSR count). The Kier molecular flexibility index (Phi) is 5.50. The van der Waals surface area contributed by atoms with E-state index in [2.05, 4.69) is 39.9 Å². The number of hydrogen-bond acceptors (Lipinski definition) is 7. The molecule has 1 saturated heterocycles. The lowest BCUT2D eigenvalue weighted by atomic mass is 10.2. The van der Waals surface area contributed by atoms with Crippen molar-refractivity contribution in [2.75, 3.05) is 38.2 Å². The molecule has 3 heterocycles. The van der Waals surface area contributed by atoms with Crippen molar-refractivity contribution in [2.24, 2.45) is 10.7 Å². The number of aliphatic imine (C=N–C) groups is 1. The normalized spacial score (nSPS) is 14.9. The Hall–Kier alpha value is -3.69. The number of aromatic nitrogens is 5. The van der Waals surface area contributed by atoms with Crippen molar-refractivity contribution in [1.82, 2.24) is 30.0 Å². The number of hydrogen-bond donors (Lipinski definition) is 2. The van der Waals surface area contributed by atoms with Crippen molar-refractivity contribution < 1.29 is 4.74 Å². The van der Waals surface area contributed by atoms with Crippen LogP contribution in [0.25, 0.3) is 11.4 Å². The first-order chi connectivity index (χ1) is 14.2. The van der Waals surface area contributed by atoms with E-state index in [0.717, 1.165) is 43.4 Å². The molecule has 3 N–H and O–H groups in total. The molecule has 0 atom stereocenters. The van der Waals surface area contributed by atoms with Gasteiger partial charge in [-0.3, -0.25) is 5.10 Å². The number of nitrogens with zero attached hydrogens (tertiary/aromatic N) is 7. The summed E-state index contributed by atoms with van der Waals surface area (Å²) >= 11 is 0. The number of nitrogens with two attached hydrogens (primary N) is 1.